The van der Waals surface area contributed by atoms with Crippen LogP contribution in [0.25, 0.3) is 0 Å². The summed E-state index contributed by atoms with van der Waals surface area (Å²) < 4.78 is 0. The lowest BCUT2D eigenvalue weighted by molar-refractivity contribution is -0.148. The third-order valence-electron chi connectivity index (χ3n) is 4.63. The van der Waals surface area contributed by atoms with Crippen molar-refractivity contribution < 1.29 is 44.1 Å². The van der Waals surface area contributed by atoms with E-state index in [1.807, 2.05) is 0 Å². The van der Waals surface area contributed by atoms with Crippen LogP contribution in [0.3, 0.4) is 0 Å². The van der Waals surface area contributed by atoms with Crippen molar-refractivity contribution in [3.05, 3.63) is 0 Å². The number of hydrogen-bond acceptors (Lipinski definition) is 8. The lowest BCUT2D eigenvalue weighted by Crippen LogP contribution is -2.57. The van der Waals surface area contributed by atoms with Crippen LogP contribution in [0.5, 0.6) is 0 Å². The number of nitrogens with zero attached hydrogens (tertiary/aromatic N) is 1. The molecule has 4 unspecified atom stereocenters. The Labute approximate surface area is 182 Å². The number of carboxylic acids is 3. The van der Waals surface area contributed by atoms with Gasteiger partial charge in [0, 0.05) is 18.7 Å². The summed E-state index contributed by atoms with van der Waals surface area (Å²) in [4.78, 5) is 71.7. The summed E-state index contributed by atoms with van der Waals surface area (Å²) in [5.74, 6) is -6.47. The number of nitrogens with one attached hydrogen (secondary N) is 2. The smallest absolute Gasteiger partial charge is 0.326 e. The standard InChI is InChI=1S/C17H26N4O9S/c18-8(7-31)14(26)19-9(3-4-12(22)23)16(28)21-5-1-2-11(21)15(27)20-10(17(29)30)6-13(24)25/h8-11,31H,1-7,18H2,(H,19,26)(H,20,27)(H,22,23)(H,24,25)(H,29,30). The highest BCUT2D eigenvalue weighted by Crippen LogP contribution is 2.20. The largest absolute Gasteiger partial charge is 0.481 e. The molecule has 0 aliphatic carbocycles. The molecule has 0 spiro atoms. The summed E-state index contributed by atoms with van der Waals surface area (Å²) in [6, 6.07) is -5.07. The third-order valence-corrected chi connectivity index (χ3v) is 5.02. The molecular formula is C17H26N4O9S. The van der Waals surface area contributed by atoms with Gasteiger partial charge in [-0.15, -0.1) is 0 Å². The average Bonchev–Trinajstić information content (AvgIpc) is 3.18. The fourth-order valence-corrected chi connectivity index (χ4v) is 3.20. The van der Waals surface area contributed by atoms with Gasteiger partial charge >= 0.3 is 17.9 Å². The fraction of sp³-hybridized carbons (Fsp3) is 0.647. The minimum atomic E-state index is -1.68. The van der Waals surface area contributed by atoms with Gasteiger partial charge in [-0.25, -0.2) is 4.79 Å². The number of carbonyl (C=O) groups excluding carboxylic acids is 3. The molecule has 1 aliphatic rings. The van der Waals surface area contributed by atoms with Crippen LogP contribution in [0.4, 0.5) is 0 Å². The minimum absolute atomic E-state index is 0.0133. The second kappa shape index (κ2) is 12.1. The third kappa shape index (κ3) is 8.05. The second-order valence-electron chi connectivity index (χ2n) is 6.97. The predicted octanol–water partition coefficient (Wildman–Crippen LogP) is -2.37. The highest BCUT2D eigenvalue weighted by Gasteiger charge is 2.39. The number of rotatable bonds is 12. The van der Waals surface area contributed by atoms with Crippen molar-refractivity contribution in [3.63, 3.8) is 0 Å². The van der Waals surface area contributed by atoms with Crippen LogP contribution in [0.1, 0.15) is 32.1 Å². The Morgan fingerprint density at radius 2 is 1.68 bits per heavy atom. The van der Waals surface area contributed by atoms with E-state index in [-0.39, 0.29) is 25.1 Å². The summed E-state index contributed by atoms with van der Waals surface area (Å²) in [5.41, 5.74) is 5.58. The van der Waals surface area contributed by atoms with Crippen LogP contribution in [-0.2, 0) is 28.8 Å². The van der Waals surface area contributed by atoms with E-state index < -0.39 is 72.6 Å². The van der Waals surface area contributed by atoms with Crippen LogP contribution in [0.2, 0.25) is 0 Å². The number of aliphatic carboxylic acids is 3. The molecule has 1 saturated heterocycles. The van der Waals surface area contributed by atoms with Gasteiger partial charge in [0.15, 0.2) is 0 Å². The molecule has 1 aliphatic heterocycles. The predicted molar refractivity (Wildman–Crippen MR) is 107 cm³/mol. The zero-order valence-corrected chi connectivity index (χ0v) is 17.4. The van der Waals surface area contributed by atoms with Gasteiger partial charge in [-0.2, -0.15) is 12.6 Å². The first-order chi connectivity index (χ1) is 14.5. The van der Waals surface area contributed by atoms with E-state index in [2.05, 4.69) is 23.3 Å². The van der Waals surface area contributed by atoms with Gasteiger partial charge < -0.3 is 36.6 Å². The molecule has 13 nitrogen and oxygen atoms in total. The molecule has 1 heterocycles. The molecule has 1 rings (SSSR count). The van der Waals surface area contributed by atoms with Crippen molar-refractivity contribution in [2.24, 2.45) is 5.73 Å². The second-order valence-corrected chi connectivity index (χ2v) is 7.33. The molecule has 0 bridgehead atoms. The van der Waals surface area contributed by atoms with Crippen LogP contribution in [0.15, 0.2) is 0 Å². The zero-order chi connectivity index (χ0) is 23.7. The lowest BCUT2D eigenvalue weighted by atomic mass is 10.1. The van der Waals surface area contributed by atoms with E-state index in [0.717, 1.165) is 4.90 Å². The van der Waals surface area contributed by atoms with Gasteiger partial charge in [0.25, 0.3) is 0 Å². The van der Waals surface area contributed by atoms with Gasteiger partial charge in [0.1, 0.15) is 18.1 Å². The molecule has 0 radical (unpaired) electrons. The number of carbonyl (C=O) groups is 6. The maximum atomic E-state index is 13.0. The van der Waals surface area contributed by atoms with Gasteiger partial charge in [-0.1, -0.05) is 0 Å². The van der Waals surface area contributed by atoms with Crippen LogP contribution >= 0.6 is 12.6 Å². The SMILES string of the molecule is NC(CS)C(=O)NC(CCC(=O)O)C(=O)N1CCCC1C(=O)NC(CC(=O)O)C(=O)O. The number of nitrogens with two attached hydrogens (primary N) is 1. The lowest BCUT2D eigenvalue weighted by Gasteiger charge is -2.29. The summed E-state index contributed by atoms with van der Waals surface area (Å²) in [6.07, 6.45) is -0.943. The Kier molecular flexibility index (Phi) is 10.2. The topological polar surface area (TPSA) is 216 Å². The van der Waals surface area contributed by atoms with Crippen molar-refractivity contribution in [1.82, 2.24) is 15.5 Å². The molecule has 0 aromatic rings. The van der Waals surface area contributed by atoms with Gasteiger partial charge in [-0.05, 0) is 19.3 Å². The quantitative estimate of drug-likeness (QED) is 0.153. The van der Waals surface area contributed by atoms with E-state index >= 15 is 0 Å². The molecule has 0 aromatic carbocycles. The molecule has 14 heteroatoms. The number of carboxylic acid groups (broad SMARTS) is 3. The van der Waals surface area contributed by atoms with E-state index in [1.165, 1.54) is 0 Å². The molecule has 1 fully saturated rings. The summed E-state index contributed by atoms with van der Waals surface area (Å²) in [6.45, 7) is 0.117. The summed E-state index contributed by atoms with van der Waals surface area (Å²) in [5, 5.41) is 31.3. The molecule has 0 aromatic heterocycles. The van der Waals surface area contributed by atoms with Crippen molar-refractivity contribution in [3.8, 4) is 0 Å². The van der Waals surface area contributed by atoms with Gasteiger partial charge in [-0.3, -0.25) is 24.0 Å². The van der Waals surface area contributed by atoms with Crippen molar-refractivity contribution >= 4 is 48.3 Å². The molecule has 31 heavy (non-hydrogen) atoms. The maximum Gasteiger partial charge on any atom is 0.326 e. The molecular weight excluding hydrogens is 436 g/mol. The Bertz CT molecular complexity index is 732. The Morgan fingerprint density at radius 1 is 1.03 bits per heavy atom. The van der Waals surface area contributed by atoms with Crippen LogP contribution in [0, 0.1) is 0 Å². The highest BCUT2D eigenvalue weighted by atomic mass is 32.1. The van der Waals surface area contributed by atoms with Crippen molar-refractivity contribution in [1.29, 1.82) is 0 Å². The Morgan fingerprint density at radius 3 is 2.19 bits per heavy atom. The van der Waals surface area contributed by atoms with Crippen LogP contribution < -0.4 is 16.4 Å². The molecule has 3 amide bonds. The van der Waals surface area contributed by atoms with E-state index in [1.54, 1.807) is 0 Å². The van der Waals surface area contributed by atoms with Crippen molar-refractivity contribution in [2.75, 3.05) is 12.3 Å². The number of thiol groups is 1. The maximum absolute atomic E-state index is 13.0. The number of hydrogen-bond donors (Lipinski definition) is 7. The molecule has 174 valence electrons. The Balaban J connectivity index is 2.97. The number of likely N-dealkylation sites (tertiary alicyclic amines) is 1. The first kappa shape index (κ1) is 26.2. The first-order valence-corrected chi connectivity index (χ1v) is 10.0. The van der Waals surface area contributed by atoms with Gasteiger partial charge in [0.05, 0.1) is 12.5 Å². The van der Waals surface area contributed by atoms with E-state index in [9.17, 15) is 28.8 Å². The monoisotopic (exact) mass is 462 g/mol. The molecule has 7 N–H and O–H groups in total. The van der Waals surface area contributed by atoms with E-state index in [0.29, 0.717) is 6.42 Å². The van der Waals surface area contributed by atoms with Gasteiger partial charge in [0.2, 0.25) is 17.7 Å². The van der Waals surface area contributed by atoms with E-state index in [4.69, 9.17) is 21.1 Å². The Hall–Kier alpha value is -2.87. The summed E-state index contributed by atoms with van der Waals surface area (Å²) >= 11 is 3.90. The number of amides is 3. The van der Waals surface area contributed by atoms with Crippen molar-refractivity contribution in [2.45, 2.75) is 56.3 Å². The zero-order valence-electron chi connectivity index (χ0n) is 16.5. The fourth-order valence-electron chi connectivity index (χ4n) is 3.03. The van der Waals surface area contributed by atoms with Crippen LogP contribution in [-0.4, -0.2) is 92.3 Å². The normalized spacial score (nSPS) is 18.5. The average molecular weight is 462 g/mol. The summed E-state index contributed by atoms with van der Waals surface area (Å²) in [7, 11) is 0. The highest BCUT2D eigenvalue weighted by molar-refractivity contribution is 7.80. The molecule has 4 atom stereocenters. The molecule has 0 saturated carbocycles. The first-order valence-electron chi connectivity index (χ1n) is 9.42. The minimum Gasteiger partial charge on any atom is -0.481 e.